The minimum Gasteiger partial charge on any atom is -0.390 e. The van der Waals surface area contributed by atoms with Crippen LogP contribution in [0.1, 0.15) is 17.1 Å². The molecule has 0 spiro atoms. The molecule has 0 atom stereocenters. The van der Waals surface area contributed by atoms with Crippen molar-refractivity contribution in [1.29, 1.82) is 0 Å². The van der Waals surface area contributed by atoms with Gasteiger partial charge in [0.25, 0.3) is 0 Å². The highest BCUT2D eigenvalue weighted by Gasteiger charge is 2.00. The summed E-state index contributed by atoms with van der Waals surface area (Å²) in [5, 5.41) is 8.93. The van der Waals surface area contributed by atoms with Gasteiger partial charge in [0, 0.05) is 25.0 Å². The van der Waals surface area contributed by atoms with Crippen LogP contribution in [-0.4, -0.2) is 20.1 Å². The van der Waals surface area contributed by atoms with Crippen LogP contribution in [0.2, 0.25) is 0 Å². The van der Waals surface area contributed by atoms with E-state index in [4.69, 9.17) is 5.11 Å². The Balaban J connectivity index is 2.17. The molecule has 0 saturated heterocycles. The minimum atomic E-state index is -0.0530. The van der Waals surface area contributed by atoms with Crippen molar-refractivity contribution in [3.63, 3.8) is 0 Å². The summed E-state index contributed by atoms with van der Waals surface area (Å²) >= 11 is 0. The predicted octanol–water partition coefficient (Wildman–Crippen LogP) is 0.955. The summed E-state index contributed by atoms with van der Waals surface area (Å²) in [6, 6.07) is 5.56. The molecule has 0 saturated carbocycles. The zero-order valence-corrected chi connectivity index (χ0v) is 8.17. The van der Waals surface area contributed by atoms with Crippen molar-refractivity contribution in [2.45, 2.75) is 13.0 Å². The Kier molecular flexibility index (Phi) is 2.99. The third-order valence-electron chi connectivity index (χ3n) is 2.01. The number of rotatable bonds is 3. The van der Waals surface area contributed by atoms with Gasteiger partial charge in [-0.1, -0.05) is 6.07 Å². The second kappa shape index (κ2) is 4.61. The lowest BCUT2D eigenvalue weighted by atomic mass is 10.2. The van der Waals surface area contributed by atoms with E-state index in [1.807, 2.05) is 12.1 Å². The van der Waals surface area contributed by atoms with Gasteiger partial charge in [0.05, 0.1) is 12.3 Å². The maximum Gasteiger partial charge on any atom is 0.133 e. The number of aliphatic hydroxyl groups excluding tert-OH is 1. The van der Waals surface area contributed by atoms with E-state index < -0.39 is 0 Å². The molecule has 0 amide bonds. The van der Waals surface area contributed by atoms with Crippen molar-refractivity contribution in [1.82, 2.24) is 15.0 Å². The van der Waals surface area contributed by atoms with Crippen molar-refractivity contribution in [3.05, 3.63) is 53.9 Å². The topological polar surface area (TPSA) is 58.9 Å². The first-order valence-electron chi connectivity index (χ1n) is 4.69. The van der Waals surface area contributed by atoms with Crippen LogP contribution in [0.25, 0.3) is 0 Å². The van der Waals surface area contributed by atoms with Gasteiger partial charge in [0.15, 0.2) is 0 Å². The third-order valence-corrected chi connectivity index (χ3v) is 2.01. The molecule has 0 fully saturated rings. The molecule has 2 heterocycles. The minimum absolute atomic E-state index is 0.0530. The second-order valence-corrected chi connectivity index (χ2v) is 3.16. The van der Waals surface area contributed by atoms with Crippen LogP contribution in [-0.2, 0) is 13.0 Å². The summed E-state index contributed by atoms with van der Waals surface area (Å²) in [5.41, 5.74) is 1.71. The maximum atomic E-state index is 8.93. The monoisotopic (exact) mass is 201 g/mol. The van der Waals surface area contributed by atoms with Crippen LogP contribution in [0, 0.1) is 0 Å². The fourth-order valence-corrected chi connectivity index (χ4v) is 1.30. The largest absolute Gasteiger partial charge is 0.390 e. The Morgan fingerprint density at radius 1 is 1.20 bits per heavy atom. The van der Waals surface area contributed by atoms with Gasteiger partial charge in [0.1, 0.15) is 5.82 Å². The SMILES string of the molecule is OCc1ccnc(Cc2cccnc2)n1. The fourth-order valence-electron chi connectivity index (χ4n) is 1.30. The summed E-state index contributed by atoms with van der Waals surface area (Å²) < 4.78 is 0. The number of aliphatic hydroxyl groups is 1. The van der Waals surface area contributed by atoms with E-state index in [1.165, 1.54) is 0 Å². The molecule has 4 nitrogen and oxygen atoms in total. The van der Waals surface area contributed by atoms with Gasteiger partial charge in [-0.05, 0) is 17.7 Å². The van der Waals surface area contributed by atoms with E-state index in [9.17, 15) is 0 Å². The molecule has 0 unspecified atom stereocenters. The van der Waals surface area contributed by atoms with Gasteiger partial charge >= 0.3 is 0 Å². The highest BCUT2D eigenvalue weighted by Crippen LogP contribution is 2.04. The first-order valence-corrected chi connectivity index (χ1v) is 4.69. The third kappa shape index (κ3) is 2.57. The van der Waals surface area contributed by atoms with Crippen molar-refractivity contribution >= 4 is 0 Å². The number of pyridine rings is 1. The molecule has 0 radical (unpaired) electrons. The van der Waals surface area contributed by atoms with Gasteiger partial charge in [-0.15, -0.1) is 0 Å². The highest BCUT2D eigenvalue weighted by molar-refractivity contribution is 5.15. The number of aromatic nitrogens is 3. The van der Waals surface area contributed by atoms with Crippen LogP contribution in [0.5, 0.6) is 0 Å². The standard InChI is InChI=1S/C11H11N3O/c15-8-10-3-5-13-11(14-10)6-9-2-1-4-12-7-9/h1-5,7,15H,6,8H2. The maximum absolute atomic E-state index is 8.93. The van der Waals surface area contributed by atoms with E-state index in [0.29, 0.717) is 17.9 Å². The van der Waals surface area contributed by atoms with Crippen molar-refractivity contribution < 1.29 is 5.11 Å². The van der Waals surface area contributed by atoms with Crippen molar-refractivity contribution in [2.24, 2.45) is 0 Å². The summed E-state index contributed by atoms with van der Waals surface area (Å²) in [7, 11) is 0. The van der Waals surface area contributed by atoms with Gasteiger partial charge in [0.2, 0.25) is 0 Å². The zero-order chi connectivity index (χ0) is 10.5. The summed E-state index contributed by atoms with van der Waals surface area (Å²) in [6.45, 7) is -0.0530. The van der Waals surface area contributed by atoms with E-state index in [2.05, 4.69) is 15.0 Å². The Morgan fingerprint density at radius 3 is 2.87 bits per heavy atom. The highest BCUT2D eigenvalue weighted by atomic mass is 16.3. The van der Waals surface area contributed by atoms with Gasteiger partial charge in [-0.2, -0.15) is 0 Å². The zero-order valence-electron chi connectivity index (χ0n) is 8.17. The average molecular weight is 201 g/mol. The molecule has 0 aliphatic heterocycles. The first-order chi connectivity index (χ1) is 7.38. The Morgan fingerprint density at radius 2 is 2.13 bits per heavy atom. The molecule has 0 aromatic carbocycles. The van der Waals surface area contributed by atoms with E-state index in [0.717, 1.165) is 5.56 Å². The molecule has 0 aliphatic rings. The molecule has 1 N–H and O–H groups in total. The van der Waals surface area contributed by atoms with Gasteiger partial charge < -0.3 is 5.11 Å². The van der Waals surface area contributed by atoms with Crippen molar-refractivity contribution in [2.75, 3.05) is 0 Å². The molecular formula is C11H11N3O. The molecule has 0 bridgehead atoms. The molecule has 2 rings (SSSR count). The lowest BCUT2D eigenvalue weighted by Gasteiger charge is -2.01. The second-order valence-electron chi connectivity index (χ2n) is 3.16. The molecule has 15 heavy (non-hydrogen) atoms. The van der Waals surface area contributed by atoms with Gasteiger partial charge in [-0.3, -0.25) is 4.98 Å². The lowest BCUT2D eigenvalue weighted by Crippen LogP contribution is -1.99. The molecular weight excluding hydrogens is 190 g/mol. The van der Waals surface area contributed by atoms with E-state index in [-0.39, 0.29) is 6.61 Å². The molecule has 2 aromatic rings. The van der Waals surface area contributed by atoms with Crippen LogP contribution in [0.4, 0.5) is 0 Å². The van der Waals surface area contributed by atoms with Crippen molar-refractivity contribution in [3.8, 4) is 0 Å². The van der Waals surface area contributed by atoms with E-state index in [1.54, 1.807) is 24.7 Å². The first kappa shape index (κ1) is 9.73. The van der Waals surface area contributed by atoms with Crippen LogP contribution in [0.3, 0.4) is 0 Å². The van der Waals surface area contributed by atoms with Crippen LogP contribution in [0.15, 0.2) is 36.8 Å². The molecule has 0 aliphatic carbocycles. The lowest BCUT2D eigenvalue weighted by molar-refractivity contribution is 0.276. The van der Waals surface area contributed by atoms with Gasteiger partial charge in [-0.25, -0.2) is 9.97 Å². The Bertz CT molecular complexity index is 431. The number of hydrogen-bond acceptors (Lipinski definition) is 4. The molecule has 4 heteroatoms. The fraction of sp³-hybridized carbons (Fsp3) is 0.182. The predicted molar refractivity (Wildman–Crippen MR) is 55.0 cm³/mol. The molecule has 76 valence electrons. The summed E-state index contributed by atoms with van der Waals surface area (Å²) in [5.74, 6) is 0.703. The normalized spacial score (nSPS) is 10.2. The summed E-state index contributed by atoms with van der Waals surface area (Å²) in [6.07, 6.45) is 5.81. The Labute approximate surface area is 87.7 Å². The van der Waals surface area contributed by atoms with E-state index >= 15 is 0 Å². The number of hydrogen-bond donors (Lipinski definition) is 1. The number of nitrogens with zero attached hydrogens (tertiary/aromatic N) is 3. The quantitative estimate of drug-likeness (QED) is 0.803. The van der Waals surface area contributed by atoms with Crippen LogP contribution < -0.4 is 0 Å². The Hall–Kier alpha value is -1.81. The summed E-state index contributed by atoms with van der Waals surface area (Å²) in [4.78, 5) is 12.3. The molecule has 2 aromatic heterocycles. The average Bonchev–Trinajstić information content (AvgIpc) is 2.31. The van der Waals surface area contributed by atoms with Crippen LogP contribution >= 0.6 is 0 Å². The smallest absolute Gasteiger partial charge is 0.133 e.